The molecular formula is C16H23F2NO. The minimum absolute atomic E-state index is 0.00116. The summed E-state index contributed by atoms with van der Waals surface area (Å²) in [6, 6.07) is 3.63. The fourth-order valence-corrected chi connectivity index (χ4v) is 2.82. The van der Waals surface area contributed by atoms with Crippen LogP contribution in [0.3, 0.4) is 0 Å². The third kappa shape index (κ3) is 3.55. The number of benzene rings is 1. The third-order valence-corrected chi connectivity index (χ3v) is 4.06. The van der Waals surface area contributed by atoms with Gasteiger partial charge in [-0.3, -0.25) is 0 Å². The van der Waals surface area contributed by atoms with Gasteiger partial charge in [-0.05, 0) is 62.9 Å². The molecule has 1 aromatic rings. The highest BCUT2D eigenvalue weighted by atomic mass is 19.1. The highest BCUT2D eigenvalue weighted by Gasteiger charge is 2.38. The lowest BCUT2D eigenvalue weighted by atomic mass is 9.88. The van der Waals surface area contributed by atoms with Crippen LogP contribution in [-0.2, 0) is 11.2 Å². The summed E-state index contributed by atoms with van der Waals surface area (Å²) >= 11 is 0. The Morgan fingerprint density at radius 1 is 1.40 bits per heavy atom. The fraction of sp³-hybridized carbons (Fsp3) is 0.625. The van der Waals surface area contributed by atoms with Crippen LogP contribution in [0.25, 0.3) is 0 Å². The summed E-state index contributed by atoms with van der Waals surface area (Å²) in [5, 5.41) is 3.43. The van der Waals surface area contributed by atoms with E-state index in [9.17, 15) is 8.78 Å². The zero-order chi connectivity index (χ0) is 14.6. The second-order valence-electron chi connectivity index (χ2n) is 5.71. The first-order valence-corrected chi connectivity index (χ1v) is 7.36. The third-order valence-electron chi connectivity index (χ3n) is 4.06. The highest BCUT2D eigenvalue weighted by Crippen LogP contribution is 2.31. The summed E-state index contributed by atoms with van der Waals surface area (Å²) < 4.78 is 33.0. The van der Waals surface area contributed by atoms with Crippen molar-refractivity contribution < 1.29 is 13.5 Å². The molecule has 112 valence electrons. The molecule has 1 aliphatic heterocycles. The first-order valence-electron chi connectivity index (χ1n) is 7.36. The minimum Gasteiger partial charge on any atom is -0.374 e. The van der Waals surface area contributed by atoms with Crippen molar-refractivity contribution >= 4 is 0 Å². The van der Waals surface area contributed by atoms with Crippen molar-refractivity contribution in [2.24, 2.45) is 0 Å². The van der Waals surface area contributed by atoms with Crippen molar-refractivity contribution in [3.8, 4) is 0 Å². The van der Waals surface area contributed by atoms with E-state index in [1.807, 2.05) is 0 Å². The lowest BCUT2D eigenvalue weighted by molar-refractivity contribution is -0.0116. The lowest BCUT2D eigenvalue weighted by Gasteiger charge is -2.34. The van der Waals surface area contributed by atoms with Crippen LogP contribution in [0.2, 0.25) is 0 Å². The van der Waals surface area contributed by atoms with E-state index in [4.69, 9.17) is 4.74 Å². The highest BCUT2D eigenvalue weighted by molar-refractivity contribution is 5.21. The molecule has 1 aliphatic rings. The van der Waals surface area contributed by atoms with Gasteiger partial charge in [-0.25, -0.2) is 8.78 Å². The maximum atomic E-state index is 13.8. The molecule has 1 aromatic carbocycles. The second-order valence-corrected chi connectivity index (χ2v) is 5.71. The molecule has 2 atom stereocenters. The predicted molar refractivity (Wildman–Crippen MR) is 75.7 cm³/mol. The fourth-order valence-electron chi connectivity index (χ4n) is 2.82. The molecule has 2 rings (SSSR count). The van der Waals surface area contributed by atoms with E-state index in [1.165, 1.54) is 12.1 Å². The van der Waals surface area contributed by atoms with E-state index in [-0.39, 0.29) is 17.5 Å². The van der Waals surface area contributed by atoms with Crippen molar-refractivity contribution in [3.05, 3.63) is 35.4 Å². The van der Waals surface area contributed by atoms with E-state index in [0.717, 1.165) is 38.5 Å². The van der Waals surface area contributed by atoms with Gasteiger partial charge in [-0.15, -0.1) is 0 Å². The molecular weight excluding hydrogens is 260 g/mol. The minimum atomic E-state index is -0.395. The van der Waals surface area contributed by atoms with Gasteiger partial charge < -0.3 is 10.1 Å². The average molecular weight is 283 g/mol. The Labute approximate surface area is 119 Å². The number of hydrogen-bond acceptors (Lipinski definition) is 2. The molecule has 2 unspecified atom stereocenters. The predicted octanol–water partition coefficient (Wildman–Crippen LogP) is 3.44. The molecule has 1 heterocycles. The molecule has 2 nitrogen and oxygen atoms in total. The maximum Gasteiger partial charge on any atom is 0.126 e. The topological polar surface area (TPSA) is 21.3 Å². The van der Waals surface area contributed by atoms with Gasteiger partial charge in [-0.1, -0.05) is 6.92 Å². The zero-order valence-corrected chi connectivity index (χ0v) is 12.2. The quantitative estimate of drug-likeness (QED) is 0.863. The molecule has 0 saturated carbocycles. The van der Waals surface area contributed by atoms with Crippen LogP contribution in [0.4, 0.5) is 8.78 Å². The number of nitrogens with one attached hydrogen (secondary N) is 1. The molecule has 0 bridgehead atoms. The second kappa shape index (κ2) is 6.64. The number of hydrogen-bond donors (Lipinski definition) is 1. The zero-order valence-electron chi connectivity index (χ0n) is 12.2. The van der Waals surface area contributed by atoms with Crippen molar-refractivity contribution in [1.29, 1.82) is 0 Å². The number of halogens is 2. The molecule has 0 aromatic heterocycles. The van der Waals surface area contributed by atoms with Gasteiger partial charge in [-0.2, -0.15) is 0 Å². The van der Waals surface area contributed by atoms with Gasteiger partial charge in [0.1, 0.15) is 11.6 Å². The van der Waals surface area contributed by atoms with Gasteiger partial charge in [0.2, 0.25) is 0 Å². The maximum absolute atomic E-state index is 13.8. The summed E-state index contributed by atoms with van der Waals surface area (Å²) in [4.78, 5) is 0. The number of ether oxygens (including phenoxy) is 1. The van der Waals surface area contributed by atoms with E-state index in [0.29, 0.717) is 12.0 Å². The van der Waals surface area contributed by atoms with Crippen LogP contribution >= 0.6 is 0 Å². The normalized spacial score (nSPS) is 24.0. The van der Waals surface area contributed by atoms with Crippen LogP contribution in [0.5, 0.6) is 0 Å². The van der Waals surface area contributed by atoms with Crippen LogP contribution in [0.1, 0.15) is 38.7 Å². The largest absolute Gasteiger partial charge is 0.374 e. The van der Waals surface area contributed by atoms with Crippen LogP contribution in [0, 0.1) is 11.6 Å². The Morgan fingerprint density at radius 2 is 2.20 bits per heavy atom. The Bertz CT molecular complexity index is 444. The molecule has 1 N–H and O–H groups in total. The van der Waals surface area contributed by atoms with E-state index < -0.39 is 5.82 Å². The van der Waals surface area contributed by atoms with Crippen molar-refractivity contribution in [2.75, 3.05) is 13.2 Å². The van der Waals surface area contributed by atoms with Crippen LogP contribution < -0.4 is 5.32 Å². The monoisotopic (exact) mass is 283 g/mol. The summed E-state index contributed by atoms with van der Waals surface area (Å²) in [5.41, 5.74) is 0.115. The molecule has 0 aliphatic carbocycles. The first kappa shape index (κ1) is 15.4. The molecule has 0 radical (unpaired) electrons. The van der Waals surface area contributed by atoms with Crippen molar-refractivity contribution in [3.63, 3.8) is 0 Å². The lowest BCUT2D eigenvalue weighted by Crippen LogP contribution is -2.50. The molecule has 0 spiro atoms. The summed E-state index contributed by atoms with van der Waals surface area (Å²) in [7, 11) is 0. The molecule has 4 heteroatoms. The molecule has 1 saturated heterocycles. The van der Waals surface area contributed by atoms with Crippen LogP contribution in [0.15, 0.2) is 18.2 Å². The molecule has 0 amide bonds. The Kier molecular flexibility index (Phi) is 5.11. The van der Waals surface area contributed by atoms with Gasteiger partial charge in [0, 0.05) is 12.6 Å². The molecule has 1 fully saturated rings. The first-order chi connectivity index (χ1) is 9.55. The standard InChI is InChI=1S/C16H23F2NO/c1-3-8-19-15(16(2)7-4-9-20-16)11-12-10-13(17)5-6-14(12)18/h5-6,10,15,19H,3-4,7-9,11H2,1-2H3. The molecule has 20 heavy (non-hydrogen) atoms. The van der Waals surface area contributed by atoms with E-state index in [2.05, 4.69) is 19.2 Å². The van der Waals surface area contributed by atoms with Gasteiger partial charge in [0.15, 0.2) is 0 Å². The Morgan fingerprint density at radius 3 is 2.85 bits per heavy atom. The van der Waals surface area contributed by atoms with E-state index >= 15 is 0 Å². The summed E-state index contributed by atoms with van der Waals surface area (Å²) in [6.07, 6.45) is 3.41. The van der Waals surface area contributed by atoms with Gasteiger partial charge in [0.25, 0.3) is 0 Å². The van der Waals surface area contributed by atoms with Crippen LogP contribution in [-0.4, -0.2) is 24.8 Å². The van der Waals surface area contributed by atoms with Crippen molar-refractivity contribution in [1.82, 2.24) is 5.32 Å². The van der Waals surface area contributed by atoms with E-state index in [1.54, 1.807) is 0 Å². The Balaban J connectivity index is 2.16. The average Bonchev–Trinajstić information content (AvgIpc) is 2.86. The van der Waals surface area contributed by atoms with Crippen molar-refractivity contribution in [2.45, 2.75) is 51.2 Å². The SMILES string of the molecule is CCCNC(Cc1cc(F)ccc1F)C1(C)CCCO1. The van der Waals surface area contributed by atoms with Gasteiger partial charge >= 0.3 is 0 Å². The van der Waals surface area contributed by atoms with Gasteiger partial charge in [0.05, 0.1) is 5.60 Å². The smallest absolute Gasteiger partial charge is 0.126 e. The summed E-state index contributed by atoms with van der Waals surface area (Å²) in [6.45, 7) is 5.74. The number of rotatable bonds is 6. The summed E-state index contributed by atoms with van der Waals surface area (Å²) in [5.74, 6) is -0.746. The Hall–Kier alpha value is -1.00.